The van der Waals surface area contributed by atoms with Gasteiger partial charge < -0.3 is 5.32 Å². The number of hydrogen-bond acceptors (Lipinski definition) is 4. The lowest BCUT2D eigenvalue weighted by molar-refractivity contribution is 0.628. The van der Waals surface area contributed by atoms with Crippen molar-refractivity contribution < 1.29 is 4.39 Å². The van der Waals surface area contributed by atoms with E-state index in [4.69, 9.17) is 11.6 Å². The van der Waals surface area contributed by atoms with Crippen molar-refractivity contribution in [2.45, 2.75) is 6.92 Å². The van der Waals surface area contributed by atoms with Gasteiger partial charge in [-0.1, -0.05) is 17.7 Å². The average Bonchev–Trinajstić information content (AvgIpc) is 3.01. The fourth-order valence-corrected chi connectivity index (χ4v) is 2.68. The molecule has 0 fully saturated rings. The highest BCUT2D eigenvalue weighted by Gasteiger charge is 2.12. The Balaban J connectivity index is 1.91. The highest BCUT2D eigenvalue weighted by molar-refractivity contribution is 6.33. The van der Waals surface area contributed by atoms with Crippen LogP contribution in [-0.4, -0.2) is 19.6 Å². The lowest BCUT2D eigenvalue weighted by Crippen LogP contribution is -2.00. The molecular weight excluding hydrogens is 317 g/mol. The third-order valence-electron chi connectivity index (χ3n) is 3.57. The molecule has 0 bridgehead atoms. The molecule has 0 aliphatic carbocycles. The van der Waals surface area contributed by atoms with E-state index in [2.05, 4.69) is 20.5 Å². The molecule has 5 nitrogen and oxygen atoms in total. The monoisotopic (exact) mass is 327 g/mol. The molecular formula is C16H11ClFN5. The van der Waals surface area contributed by atoms with Crippen molar-refractivity contribution in [2.75, 3.05) is 5.32 Å². The van der Waals surface area contributed by atoms with Crippen molar-refractivity contribution in [3.63, 3.8) is 0 Å². The highest BCUT2D eigenvalue weighted by atomic mass is 35.5. The predicted molar refractivity (Wildman–Crippen MR) is 87.7 cm³/mol. The van der Waals surface area contributed by atoms with Gasteiger partial charge in [0, 0.05) is 0 Å². The summed E-state index contributed by atoms with van der Waals surface area (Å²) >= 11 is 6.07. The first kappa shape index (κ1) is 13.9. The molecule has 2 aromatic heterocycles. The first-order valence-corrected chi connectivity index (χ1v) is 7.32. The number of nitrogens with one attached hydrogen (secondary N) is 1. The maximum absolute atomic E-state index is 13.2. The lowest BCUT2D eigenvalue weighted by Gasteiger charge is -2.10. The Bertz CT molecular complexity index is 1040. The van der Waals surface area contributed by atoms with Crippen molar-refractivity contribution in [3.05, 3.63) is 59.1 Å². The fraction of sp³-hybridized carbons (Fsp3) is 0.0625. The number of anilines is 2. The molecule has 4 rings (SSSR count). The number of benzene rings is 2. The largest absolute Gasteiger partial charge is 0.336 e. The number of rotatable bonds is 2. The Morgan fingerprint density at radius 3 is 2.87 bits per heavy atom. The van der Waals surface area contributed by atoms with Crippen LogP contribution in [0, 0.1) is 12.7 Å². The molecule has 23 heavy (non-hydrogen) atoms. The molecule has 0 amide bonds. The van der Waals surface area contributed by atoms with Crippen LogP contribution in [-0.2, 0) is 0 Å². The van der Waals surface area contributed by atoms with E-state index in [0.29, 0.717) is 17.2 Å². The lowest BCUT2D eigenvalue weighted by atomic mass is 10.2. The molecule has 1 N–H and O–H groups in total. The second-order valence-corrected chi connectivity index (χ2v) is 5.63. The van der Waals surface area contributed by atoms with E-state index in [1.807, 2.05) is 29.5 Å². The smallest absolute Gasteiger partial charge is 0.204 e. The van der Waals surface area contributed by atoms with Crippen LogP contribution in [0.2, 0.25) is 5.02 Å². The van der Waals surface area contributed by atoms with Crippen molar-refractivity contribution in [1.82, 2.24) is 19.6 Å². The number of aromatic nitrogens is 4. The summed E-state index contributed by atoms with van der Waals surface area (Å²) in [5, 5.41) is 11.4. The van der Waals surface area contributed by atoms with Crippen molar-refractivity contribution in [1.29, 1.82) is 0 Å². The van der Waals surface area contributed by atoms with E-state index in [0.717, 1.165) is 16.6 Å². The fourth-order valence-electron chi connectivity index (χ4n) is 2.47. The molecule has 2 aromatic carbocycles. The zero-order valence-electron chi connectivity index (χ0n) is 12.1. The zero-order valence-corrected chi connectivity index (χ0v) is 12.8. The molecule has 0 saturated heterocycles. The standard InChI is InChI=1S/C16H11ClFN5/c1-9-2-4-13-14(6-9)23-8-19-22-16(23)15(21-13)20-12-5-3-10(18)7-11(12)17/h2-8H,1H3,(H,20,21). The van der Waals surface area contributed by atoms with Crippen LogP contribution in [0.1, 0.15) is 5.56 Å². The molecule has 0 aliphatic rings. The Hall–Kier alpha value is -2.73. The topological polar surface area (TPSA) is 55.1 Å². The van der Waals surface area contributed by atoms with Gasteiger partial charge >= 0.3 is 0 Å². The quantitative estimate of drug-likeness (QED) is 0.601. The van der Waals surface area contributed by atoms with Gasteiger partial charge in [-0.2, -0.15) is 0 Å². The van der Waals surface area contributed by atoms with Crippen LogP contribution in [0.25, 0.3) is 16.7 Å². The van der Waals surface area contributed by atoms with Crippen LogP contribution in [0.3, 0.4) is 0 Å². The van der Waals surface area contributed by atoms with Gasteiger partial charge in [0.15, 0.2) is 5.82 Å². The molecule has 0 aliphatic heterocycles. The van der Waals surface area contributed by atoms with E-state index >= 15 is 0 Å². The van der Waals surface area contributed by atoms with Gasteiger partial charge in [0.25, 0.3) is 0 Å². The third-order valence-corrected chi connectivity index (χ3v) is 3.88. The van der Waals surface area contributed by atoms with Crippen LogP contribution >= 0.6 is 11.6 Å². The normalized spacial score (nSPS) is 11.3. The van der Waals surface area contributed by atoms with Gasteiger partial charge in [-0.25, -0.2) is 9.37 Å². The van der Waals surface area contributed by atoms with Crippen LogP contribution < -0.4 is 5.32 Å². The van der Waals surface area contributed by atoms with Crippen molar-refractivity contribution in [3.8, 4) is 0 Å². The first-order chi connectivity index (χ1) is 11.1. The van der Waals surface area contributed by atoms with Gasteiger partial charge in [0.2, 0.25) is 5.65 Å². The van der Waals surface area contributed by atoms with Crippen LogP contribution in [0.5, 0.6) is 0 Å². The Kier molecular flexibility index (Phi) is 3.12. The summed E-state index contributed by atoms with van der Waals surface area (Å²) in [6.07, 6.45) is 1.64. The van der Waals surface area contributed by atoms with Crippen molar-refractivity contribution >= 4 is 39.8 Å². The SMILES string of the molecule is Cc1ccc2nc(Nc3ccc(F)cc3Cl)c3nncn3c2c1. The highest BCUT2D eigenvalue weighted by Crippen LogP contribution is 2.28. The molecule has 2 heterocycles. The average molecular weight is 328 g/mol. The maximum atomic E-state index is 13.2. The number of aryl methyl sites for hydroxylation is 1. The van der Waals surface area contributed by atoms with Gasteiger partial charge in [0.05, 0.1) is 21.7 Å². The molecule has 0 spiro atoms. The summed E-state index contributed by atoms with van der Waals surface area (Å²) in [5.74, 6) is 0.113. The maximum Gasteiger partial charge on any atom is 0.204 e. The number of halogens is 2. The van der Waals surface area contributed by atoms with Crippen molar-refractivity contribution in [2.24, 2.45) is 0 Å². The van der Waals surface area contributed by atoms with E-state index in [1.54, 1.807) is 12.4 Å². The van der Waals surface area contributed by atoms with Gasteiger partial charge in [0.1, 0.15) is 12.1 Å². The van der Waals surface area contributed by atoms with E-state index < -0.39 is 5.82 Å². The molecule has 114 valence electrons. The summed E-state index contributed by atoms with van der Waals surface area (Å²) < 4.78 is 15.0. The molecule has 4 aromatic rings. The second-order valence-electron chi connectivity index (χ2n) is 5.23. The summed E-state index contributed by atoms with van der Waals surface area (Å²) in [6, 6.07) is 10.1. The van der Waals surface area contributed by atoms with E-state index in [9.17, 15) is 4.39 Å². The first-order valence-electron chi connectivity index (χ1n) is 6.94. The van der Waals surface area contributed by atoms with Gasteiger partial charge in [-0.3, -0.25) is 4.40 Å². The minimum atomic E-state index is -0.393. The zero-order chi connectivity index (χ0) is 16.0. The second kappa shape index (κ2) is 5.17. The molecule has 7 heteroatoms. The van der Waals surface area contributed by atoms with E-state index in [-0.39, 0.29) is 5.02 Å². The van der Waals surface area contributed by atoms with E-state index in [1.165, 1.54) is 12.1 Å². The minimum absolute atomic E-state index is 0.272. The summed E-state index contributed by atoms with van der Waals surface area (Å²) in [6.45, 7) is 2.01. The van der Waals surface area contributed by atoms with Gasteiger partial charge in [-0.05, 0) is 42.8 Å². The molecule has 0 unspecified atom stereocenters. The molecule has 0 saturated carbocycles. The predicted octanol–water partition coefficient (Wildman–Crippen LogP) is 4.12. The molecule has 0 radical (unpaired) electrons. The Morgan fingerprint density at radius 2 is 2.04 bits per heavy atom. The summed E-state index contributed by atoms with van der Waals surface area (Å²) in [5.41, 5.74) is 3.96. The third kappa shape index (κ3) is 2.37. The summed E-state index contributed by atoms with van der Waals surface area (Å²) in [7, 11) is 0. The Morgan fingerprint density at radius 1 is 1.17 bits per heavy atom. The minimum Gasteiger partial charge on any atom is -0.336 e. The number of fused-ring (bicyclic) bond motifs is 3. The number of hydrogen-bond donors (Lipinski definition) is 1. The van der Waals surface area contributed by atoms with Crippen LogP contribution in [0.4, 0.5) is 15.9 Å². The molecule has 0 atom stereocenters. The van der Waals surface area contributed by atoms with Crippen LogP contribution in [0.15, 0.2) is 42.7 Å². The number of nitrogens with zero attached hydrogens (tertiary/aromatic N) is 4. The van der Waals surface area contributed by atoms with Gasteiger partial charge in [-0.15, -0.1) is 10.2 Å². The summed E-state index contributed by atoms with van der Waals surface area (Å²) in [4.78, 5) is 4.59. The Labute approximate surface area is 135 Å².